The number of carbonyl (C=O) groups is 2. The highest BCUT2D eigenvalue weighted by atomic mass is 32.1. The maximum atomic E-state index is 15.5. The molecule has 4 heterocycles. The molecule has 3 aliphatic heterocycles. The fourth-order valence-electron chi connectivity index (χ4n) is 5.68. The van der Waals surface area contributed by atoms with E-state index in [9.17, 15) is 19.8 Å². The van der Waals surface area contributed by atoms with Crippen molar-refractivity contribution in [2.75, 3.05) is 6.61 Å². The van der Waals surface area contributed by atoms with E-state index in [-0.39, 0.29) is 36.8 Å². The van der Waals surface area contributed by atoms with Gasteiger partial charge in [0.1, 0.15) is 11.6 Å². The predicted molar refractivity (Wildman–Crippen MR) is 147 cm³/mol. The van der Waals surface area contributed by atoms with E-state index in [1.54, 1.807) is 19.2 Å². The first-order valence-electron chi connectivity index (χ1n) is 14.1. The quantitative estimate of drug-likeness (QED) is 0.458. The number of aliphatic hydroxyl groups excluding tert-OH is 2. The van der Waals surface area contributed by atoms with Gasteiger partial charge in [-0.25, -0.2) is 9.37 Å². The Morgan fingerprint density at radius 2 is 2.00 bits per heavy atom. The molecule has 3 fully saturated rings. The minimum atomic E-state index is -1.31. The molecule has 3 saturated heterocycles. The number of hydrogen-bond donors (Lipinski definition) is 3. The van der Waals surface area contributed by atoms with Crippen molar-refractivity contribution in [3.05, 3.63) is 21.9 Å². The number of nitrogens with one attached hydrogen (secondary N) is 1. The van der Waals surface area contributed by atoms with Crippen molar-refractivity contribution in [2.45, 2.75) is 116 Å². The number of nitrogens with zero attached hydrogens (tertiary/aromatic N) is 1. The molecular weight excluding hydrogens is 523 g/mol. The number of aryl methyl sites for hydroxylation is 1. The Morgan fingerprint density at radius 3 is 2.64 bits per heavy atom. The van der Waals surface area contributed by atoms with Gasteiger partial charge in [-0.3, -0.25) is 9.59 Å². The number of Topliss-reactive ketones (excluding diaryl/α,β-unsaturated/α-hetero) is 1. The van der Waals surface area contributed by atoms with Gasteiger partial charge in [-0.15, -0.1) is 11.3 Å². The molecule has 8 atom stereocenters. The van der Waals surface area contributed by atoms with E-state index in [0.29, 0.717) is 31.6 Å². The first kappa shape index (κ1) is 30.2. The molecule has 39 heavy (non-hydrogen) atoms. The zero-order valence-corrected chi connectivity index (χ0v) is 24.4. The summed E-state index contributed by atoms with van der Waals surface area (Å²) in [6.07, 6.45) is 2.22. The Labute approximate surface area is 234 Å². The van der Waals surface area contributed by atoms with Crippen LogP contribution in [0.25, 0.3) is 6.08 Å². The van der Waals surface area contributed by atoms with Crippen LogP contribution in [0.3, 0.4) is 0 Å². The highest BCUT2D eigenvalue weighted by molar-refractivity contribution is 7.09. The molecule has 10 heteroatoms. The van der Waals surface area contributed by atoms with Crippen molar-refractivity contribution in [2.24, 2.45) is 17.3 Å². The average molecular weight is 567 g/mol. The molecule has 3 aliphatic rings. The molecule has 1 amide bonds. The monoisotopic (exact) mass is 566 g/mol. The third-order valence-electron chi connectivity index (χ3n) is 8.79. The number of ketones is 1. The SMILES string of the molecule is Cc1nc(C=C(F)C2CC3OC3(C)CCCC(C)C(O)C(CCC3CO3)C(=O)C(C)(C)C(O)CC(=O)N2)cs1. The normalized spacial score (nSPS) is 38.2. The van der Waals surface area contributed by atoms with E-state index in [0.717, 1.165) is 17.8 Å². The highest BCUT2D eigenvalue weighted by Gasteiger charge is 2.53. The Hall–Kier alpha value is -1.72. The van der Waals surface area contributed by atoms with Gasteiger partial charge in [0, 0.05) is 17.7 Å². The van der Waals surface area contributed by atoms with E-state index >= 15 is 4.39 Å². The van der Waals surface area contributed by atoms with Gasteiger partial charge in [0.05, 0.1) is 65.2 Å². The summed E-state index contributed by atoms with van der Waals surface area (Å²) in [5, 5.41) is 27.7. The Kier molecular flexibility index (Phi) is 9.33. The molecule has 0 spiro atoms. The van der Waals surface area contributed by atoms with Crippen LogP contribution >= 0.6 is 11.3 Å². The maximum Gasteiger partial charge on any atom is 0.223 e. The number of epoxide rings is 2. The number of aliphatic hydroxyl groups is 2. The fourth-order valence-corrected chi connectivity index (χ4v) is 6.25. The van der Waals surface area contributed by atoms with Crippen LogP contribution in [0, 0.1) is 24.2 Å². The molecule has 0 saturated carbocycles. The highest BCUT2D eigenvalue weighted by Crippen LogP contribution is 2.45. The minimum Gasteiger partial charge on any atom is -0.392 e. The number of thiazole rings is 1. The van der Waals surface area contributed by atoms with Crippen LogP contribution in [0.4, 0.5) is 4.39 Å². The first-order valence-corrected chi connectivity index (χ1v) is 15.0. The zero-order valence-electron chi connectivity index (χ0n) is 23.6. The van der Waals surface area contributed by atoms with E-state index in [2.05, 4.69) is 10.3 Å². The molecule has 4 rings (SSSR count). The van der Waals surface area contributed by atoms with Gasteiger partial charge in [0.25, 0.3) is 0 Å². The summed E-state index contributed by atoms with van der Waals surface area (Å²) >= 11 is 1.41. The molecule has 8 unspecified atom stereocenters. The summed E-state index contributed by atoms with van der Waals surface area (Å²) in [5.41, 5.74) is -1.25. The van der Waals surface area contributed by atoms with Gasteiger partial charge in [0.2, 0.25) is 5.91 Å². The van der Waals surface area contributed by atoms with Crippen LogP contribution in [-0.2, 0) is 19.1 Å². The second-order valence-corrected chi connectivity index (χ2v) is 13.5. The molecule has 0 aromatic carbocycles. The molecule has 8 nitrogen and oxygen atoms in total. The van der Waals surface area contributed by atoms with E-state index in [1.165, 1.54) is 17.4 Å². The van der Waals surface area contributed by atoms with Crippen LogP contribution < -0.4 is 5.32 Å². The molecule has 218 valence electrons. The third-order valence-corrected chi connectivity index (χ3v) is 9.58. The third kappa shape index (κ3) is 7.52. The maximum absolute atomic E-state index is 15.5. The van der Waals surface area contributed by atoms with Crippen LogP contribution in [0.1, 0.15) is 83.3 Å². The summed E-state index contributed by atoms with van der Waals surface area (Å²) in [6, 6.07) is -0.947. The number of aromatic nitrogens is 1. The van der Waals surface area contributed by atoms with Gasteiger partial charge in [-0.05, 0) is 51.5 Å². The number of carbonyl (C=O) groups excluding carboxylic acids is 2. The molecule has 0 radical (unpaired) electrons. The van der Waals surface area contributed by atoms with Gasteiger partial charge in [0.15, 0.2) is 0 Å². The van der Waals surface area contributed by atoms with Crippen LogP contribution in [-0.4, -0.2) is 69.6 Å². The average Bonchev–Trinajstić information content (AvgIpc) is 3.76. The number of rotatable bonds is 5. The fraction of sp³-hybridized carbons (Fsp3) is 0.759. The summed E-state index contributed by atoms with van der Waals surface area (Å²) in [6.45, 7) is 9.66. The van der Waals surface area contributed by atoms with E-state index < -0.39 is 46.9 Å². The molecule has 3 N–H and O–H groups in total. The largest absolute Gasteiger partial charge is 0.392 e. The second-order valence-electron chi connectivity index (χ2n) is 12.4. The number of hydrogen-bond acceptors (Lipinski definition) is 8. The van der Waals surface area contributed by atoms with E-state index in [4.69, 9.17) is 9.47 Å². The zero-order chi connectivity index (χ0) is 28.5. The first-order chi connectivity index (χ1) is 18.3. The number of fused-ring (bicyclic) bond motifs is 1. The number of halogens is 1. The topological polar surface area (TPSA) is 125 Å². The smallest absolute Gasteiger partial charge is 0.223 e. The summed E-state index contributed by atoms with van der Waals surface area (Å²) in [5.74, 6) is -2.18. The van der Waals surface area contributed by atoms with Crippen molar-refractivity contribution in [3.8, 4) is 0 Å². The summed E-state index contributed by atoms with van der Waals surface area (Å²) in [4.78, 5) is 31.1. The van der Waals surface area contributed by atoms with Crippen molar-refractivity contribution in [3.63, 3.8) is 0 Å². The molecular formula is C29H43FN2O6S. The van der Waals surface area contributed by atoms with Crippen molar-refractivity contribution >= 4 is 29.1 Å². The van der Waals surface area contributed by atoms with Gasteiger partial charge in [-0.1, -0.05) is 27.2 Å². The molecule has 0 bridgehead atoms. The van der Waals surface area contributed by atoms with Crippen molar-refractivity contribution in [1.82, 2.24) is 10.3 Å². The lowest BCUT2D eigenvalue weighted by Gasteiger charge is -2.36. The Balaban J connectivity index is 1.57. The Morgan fingerprint density at radius 1 is 1.28 bits per heavy atom. The predicted octanol–water partition coefficient (Wildman–Crippen LogP) is 4.12. The summed E-state index contributed by atoms with van der Waals surface area (Å²) < 4.78 is 26.8. The number of amides is 1. The minimum absolute atomic E-state index is 0.108. The molecule has 1 aromatic rings. The lowest BCUT2D eigenvalue weighted by atomic mass is 9.70. The summed E-state index contributed by atoms with van der Waals surface area (Å²) in [7, 11) is 0. The van der Waals surface area contributed by atoms with Crippen molar-refractivity contribution in [1.29, 1.82) is 0 Å². The lowest BCUT2D eigenvalue weighted by Crippen LogP contribution is -2.48. The van der Waals surface area contributed by atoms with Crippen LogP contribution in [0.5, 0.6) is 0 Å². The van der Waals surface area contributed by atoms with Gasteiger partial charge < -0.3 is 25.0 Å². The molecule has 0 aliphatic carbocycles. The lowest BCUT2D eigenvalue weighted by molar-refractivity contribution is -0.144. The molecule has 1 aromatic heterocycles. The van der Waals surface area contributed by atoms with E-state index in [1.807, 2.05) is 20.8 Å². The van der Waals surface area contributed by atoms with Crippen LogP contribution in [0.15, 0.2) is 11.2 Å². The number of ether oxygens (including phenoxy) is 2. The van der Waals surface area contributed by atoms with Gasteiger partial charge >= 0.3 is 0 Å². The van der Waals surface area contributed by atoms with Crippen molar-refractivity contribution < 1.29 is 33.7 Å². The standard InChI is InChI=1S/C29H43FN2O6S/c1-16-7-6-10-29(5)24(38-29)12-22(21(30)11-18-15-39-17(2)31-18)32-25(34)13-23(33)28(3,4)27(36)20(26(16)35)9-8-19-14-37-19/h11,15-16,19-20,22-24,26,33,35H,6-10,12-14H2,1-5H3,(H,32,34). The Bertz CT molecular complexity index is 1070. The van der Waals surface area contributed by atoms with Crippen LogP contribution in [0.2, 0.25) is 0 Å². The second kappa shape index (κ2) is 12.0. The van der Waals surface area contributed by atoms with Gasteiger partial charge in [-0.2, -0.15) is 0 Å².